The number of carbonyl (C=O) groups is 2. The van der Waals surface area contributed by atoms with Crippen molar-refractivity contribution in [2.24, 2.45) is 5.92 Å². The van der Waals surface area contributed by atoms with Gasteiger partial charge in [-0.1, -0.05) is 30.3 Å². The fourth-order valence-electron chi connectivity index (χ4n) is 5.74. The van der Waals surface area contributed by atoms with Crippen LogP contribution in [-0.4, -0.2) is 53.3 Å². The molecule has 0 radical (unpaired) electrons. The maximum atomic E-state index is 13.0. The fourth-order valence-corrected chi connectivity index (χ4v) is 5.74. The Morgan fingerprint density at radius 2 is 1.81 bits per heavy atom. The van der Waals surface area contributed by atoms with Crippen molar-refractivity contribution in [2.75, 3.05) is 19.6 Å². The molecule has 0 bridgehead atoms. The SMILES string of the molecule is Cc1ccccc1C1(O)CCC([C@]2(NC(=O)CNC(=O)c3cccc(C(F)(F)F)c3)CNC[C@@H]2O)CC1. The topological polar surface area (TPSA) is 111 Å². The van der Waals surface area contributed by atoms with Crippen LogP contribution < -0.4 is 16.0 Å². The summed E-state index contributed by atoms with van der Waals surface area (Å²) in [5.74, 6) is -1.48. The Labute approximate surface area is 213 Å². The number of alkyl halides is 3. The van der Waals surface area contributed by atoms with Gasteiger partial charge in [0.15, 0.2) is 0 Å². The Hall–Kier alpha value is -2.95. The normalized spacial score (nSPS) is 28.1. The standard InChI is InChI=1S/C27H32F3N3O4/c1-17-5-2-3-8-21(17)25(37)11-9-19(10-12-25)26(16-31-14-22(26)34)33-23(35)15-32-24(36)18-6-4-7-20(13-18)27(28,29)30/h2-8,13,19,22,31,34,37H,9-12,14-16H2,1H3,(H,32,36)(H,33,35)/t19?,22-,25?,26+/m0/s1. The molecule has 7 nitrogen and oxygen atoms in total. The van der Waals surface area contributed by atoms with E-state index in [0.29, 0.717) is 32.2 Å². The van der Waals surface area contributed by atoms with Gasteiger partial charge in [0, 0.05) is 18.7 Å². The number of benzene rings is 2. The first-order chi connectivity index (χ1) is 17.4. The van der Waals surface area contributed by atoms with E-state index in [2.05, 4.69) is 16.0 Å². The van der Waals surface area contributed by atoms with Gasteiger partial charge in [0.2, 0.25) is 5.91 Å². The second-order valence-corrected chi connectivity index (χ2v) is 10.1. The van der Waals surface area contributed by atoms with Gasteiger partial charge in [0.25, 0.3) is 5.91 Å². The summed E-state index contributed by atoms with van der Waals surface area (Å²) in [4.78, 5) is 25.3. The molecule has 2 aliphatic rings. The van der Waals surface area contributed by atoms with Gasteiger partial charge in [-0.15, -0.1) is 0 Å². The zero-order chi connectivity index (χ0) is 26.8. The molecule has 37 heavy (non-hydrogen) atoms. The molecule has 2 aromatic rings. The van der Waals surface area contributed by atoms with Crippen molar-refractivity contribution in [3.05, 3.63) is 70.8 Å². The van der Waals surface area contributed by atoms with Crippen molar-refractivity contribution >= 4 is 11.8 Å². The molecule has 10 heteroatoms. The summed E-state index contributed by atoms with van der Waals surface area (Å²) in [5, 5.41) is 30.6. The van der Waals surface area contributed by atoms with Crippen LogP contribution in [0.5, 0.6) is 0 Å². The Bertz CT molecular complexity index is 1150. The molecule has 5 N–H and O–H groups in total. The summed E-state index contributed by atoms with van der Waals surface area (Å²) in [5.41, 5.74) is -1.23. The molecule has 2 fully saturated rings. The van der Waals surface area contributed by atoms with Gasteiger partial charge in [-0.05, 0) is 67.9 Å². The fraction of sp³-hybridized carbons (Fsp3) is 0.481. The van der Waals surface area contributed by atoms with Gasteiger partial charge in [0.05, 0.1) is 29.4 Å². The van der Waals surface area contributed by atoms with Gasteiger partial charge >= 0.3 is 6.18 Å². The molecule has 1 heterocycles. The van der Waals surface area contributed by atoms with E-state index in [0.717, 1.165) is 29.3 Å². The molecule has 200 valence electrons. The number of halogens is 3. The Morgan fingerprint density at radius 1 is 1.11 bits per heavy atom. The minimum atomic E-state index is -4.59. The number of aliphatic hydroxyl groups excluding tert-OH is 1. The number of hydrogen-bond acceptors (Lipinski definition) is 5. The Kier molecular flexibility index (Phi) is 7.64. The van der Waals surface area contributed by atoms with E-state index >= 15 is 0 Å². The second-order valence-electron chi connectivity index (χ2n) is 10.1. The second kappa shape index (κ2) is 10.4. The molecule has 1 aliphatic heterocycles. The predicted molar refractivity (Wildman–Crippen MR) is 131 cm³/mol. The average Bonchev–Trinajstić information content (AvgIpc) is 3.23. The van der Waals surface area contributed by atoms with Crippen molar-refractivity contribution in [1.29, 1.82) is 0 Å². The summed E-state index contributed by atoms with van der Waals surface area (Å²) >= 11 is 0. The lowest BCUT2D eigenvalue weighted by atomic mass is 9.66. The number of aryl methyl sites for hydroxylation is 1. The van der Waals surface area contributed by atoms with Gasteiger partial charge in [-0.2, -0.15) is 13.2 Å². The number of β-amino-alcohol motifs (C(OH)–C–C–N with tert-alkyl or cyclic N) is 1. The van der Waals surface area contributed by atoms with E-state index in [1.807, 2.05) is 31.2 Å². The third-order valence-electron chi connectivity index (χ3n) is 7.77. The van der Waals surface area contributed by atoms with E-state index in [-0.39, 0.29) is 18.0 Å². The Balaban J connectivity index is 1.40. The summed E-state index contributed by atoms with van der Waals surface area (Å²) in [6, 6.07) is 11.7. The van der Waals surface area contributed by atoms with Gasteiger partial charge < -0.3 is 26.2 Å². The third-order valence-corrected chi connectivity index (χ3v) is 7.77. The highest BCUT2D eigenvalue weighted by Crippen LogP contribution is 2.45. The monoisotopic (exact) mass is 519 g/mol. The zero-order valence-electron chi connectivity index (χ0n) is 20.6. The first-order valence-corrected chi connectivity index (χ1v) is 12.4. The van der Waals surface area contributed by atoms with E-state index in [1.54, 1.807) is 0 Å². The molecule has 4 rings (SSSR count). The number of amides is 2. The number of rotatable bonds is 6. The number of nitrogens with one attached hydrogen (secondary N) is 3. The van der Waals surface area contributed by atoms with Gasteiger partial charge in [-0.3, -0.25) is 9.59 Å². The van der Waals surface area contributed by atoms with Crippen LogP contribution in [0, 0.1) is 12.8 Å². The van der Waals surface area contributed by atoms with Crippen molar-refractivity contribution in [2.45, 2.75) is 56.0 Å². The molecule has 0 unspecified atom stereocenters. The van der Waals surface area contributed by atoms with Crippen LogP contribution in [0.25, 0.3) is 0 Å². The van der Waals surface area contributed by atoms with Crippen molar-refractivity contribution in [1.82, 2.24) is 16.0 Å². The van der Waals surface area contributed by atoms with Crippen LogP contribution >= 0.6 is 0 Å². The molecule has 2 amide bonds. The molecule has 2 aromatic carbocycles. The number of hydrogen-bond donors (Lipinski definition) is 5. The van der Waals surface area contributed by atoms with Crippen LogP contribution in [0.3, 0.4) is 0 Å². The largest absolute Gasteiger partial charge is 0.416 e. The molecule has 1 saturated carbocycles. The number of aliphatic hydroxyl groups is 2. The highest BCUT2D eigenvalue weighted by molar-refractivity contribution is 5.96. The smallest absolute Gasteiger partial charge is 0.389 e. The van der Waals surface area contributed by atoms with Gasteiger partial charge in [-0.25, -0.2) is 0 Å². The van der Waals surface area contributed by atoms with Crippen LogP contribution in [0.15, 0.2) is 48.5 Å². The molecular weight excluding hydrogens is 487 g/mol. The van der Waals surface area contributed by atoms with Crippen LogP contribution in [0.2, 0.25) is 0 Å². The maximum Gasteiger partial charge on any atom is 0.416 e. The Morgan fingerprint density at radius 3 is 2.43 bits per heavy atom. The summed E-state index contributed by atoms with van der Waals surface area (Å²) in [6.45, 7) is 2.12. The minimum absolute atomic E-state index is 0.120. The van der Waals surface area contributed by atoms with Crippen LogP contribution in [-0.2, 0) is 16.6 Å². The van der Waals surface area contributed by atoms with E-state index in [9.17, 15) is 33.0 Å². The van der Waals surface area contributed by atoms with Crippen LogP contribution in [0.1, 0.15) is 52.7 Å². The highest BCUT2D eigenvalue weighted by Gasteiger charge is 2.51. The zero-order valence-corrected chi connectivity index (χ0v) is 20.6. The summed E-state index contributed by atoms with van der Waals surface area (Å²) < 4.78 is 38.9. The summed E-state index contributed by atoms with van der Waals surface area (Å²) in [6.07, 6.45) is -3.37. The first-order valence-electron chi connectivity index (χ1n) is 12.4. The van der Waals surface area contributed by atoms with E-state index in [1.165, 1.54) is 6.07 Å². The number of carbonyl (C=O) groups excluding carboxylic acids is 2. The molecule has 0 spiro atoms. The lowest BCUT2D eigenvalue weighted by Crippen LogP contribution is -2.63. The van der Waals surface area contributed by atoms with Gasteiger partial charge in [0.1, 0.15) is 0 Å². The first kappa shape index (κ1) is 27.1. The molecular formula is C27H32F3N3O4. The molecule has 2 atom stereocenters. The van der Waals surface area contributed by atoms with Crippen molar-refractivity contribution in [3.8, 4) is 0 Å². The quantitative estimate of drug-likeness (QED) is 0.403. The molecule has 0 aromatic heterocycles. The minimum Gasteiger partial charge on any atom is -0.389 e. The average molecular weight is 520 g/mol. The van der Waals surface area contributed by atoms with Crippen molar-refractivity contribution < 1.29 is 33.0 Å². The lowest BCUT2D eigenvalue weighted by molar-refractivity contribution is -0.137. The third kappa shape index (κ3) is 5.66. The highest BCUT2D eigenvalue weighted by atomic mass is 19.4. The molecule has 1 saturated heterocycles. The summed E-state index contributed by atoms with van der Waals surface area (Å²) in [7, 11) is 0. The molecule has 1 aliphatic carbocycles. The lowest BCUT2D eigenvalue weighted by Gasteiger charge is -2.46. The van der Waals surface area contributed by atoms with Crippen molar-refractivity contribution in [3.63, 3.8) is 0 Å². The maximum absolute atomic E-state index is 13.0. The van der Waals surface area contributed by atoms with E-state index in [4.69, 9.17) is 0 Å². The predicted octanol–water partition coefficient (Wildman–Crippen LogP) is 2.64. The van der Waals surface area contributed by atoms with E-state index < -0.39 is 47.3 Å². The van der Waals surface area contributed by atoms with Crippen LogP contribution in [0.4, 0.5) is 13.2 Å².